The molecule has 2 bridgehead atoms. The van der Waals surface area contributed by atoms with E-state index in [1.807, 2.05) is 55.5 Å². The molecule has 6 rings (SSSR count). The molecule has 0 unspecified atom stereocenters. The largest absolute Gasteiger partial charge is 0.493 e. The zero-order chi connectivity index (χ0) is 65.2. The number of likely N-dealkylation sites (N-methyl/N-ethyl adjacent to an activating group) is 2. The van der Waals surface area contributed by atoms with E-state index in [9.17, 15) is 38.4 Å². The van der Waals surface area contributed by atoms with Gasteiger partial charge in [0.25, 0.3) is 11.8 Å². The minimum Gasteiger partial charge on any atom is -0.493 e. The molecule has 4 aromatic carbocycles. The third-order valence-electron chi connectivity index (χ3n) is 16.1. The number of carbonyl (C=O) groups excluding carboxylic acids is 9. The van der Waals surface area contributed by atoms with Gasteiger partial charge in [-0.05, 0) is 131 Å². The van der Waals surface area contributed by atoms with Crippen LogP contribution in [-0.4, -0.2) is 171 Å². The van der Waals surface area contributed by atoms with Crippen molar-refractivity contribution in [1.82, 2.24) is 24.9 Å². The summed E-state index contributed by atoms with van der Waals surface area (Å²) < 4.78 is 50.7. The van der Waals surface area contributed by atoms with Gasteiger partial charge in [0.05, 0.1) is 31.8 Å². The number of piperidine rings is 1. The van der Waals surface area contributed by atoms with Crippen LogP contribution in [-0.2, 0) is 70.2 Å². The maximum Gasteiger partial charge on any atom is 0.330 e. The fraction of sp³-hybridized carbons (Fsp3) is 0.515. The first kappa shape index (κ1) is 69.9. The van der Waals surface area contributed by atoms with Crippen LogP contribution in [0.3, 0.4) is 0 Å². The van der Waals surface area contributed by atoms with E-state index < -0.39 is 113 Å². The molecule has 1 N–H and O–H groups in total. The first-order valence-corrected chi connectivity index (χ1v) is 30.5. The number of Topliss-reactive ketones (excluding diaryl/α,β-unsaturated/α-hetero) is 2. The molecule has 0 radical (unpaired) electrons. The van der Waals surface area contributed by atoms with Gasteiger partial charge in [-0.1, -0.05) is 80.4 Å². The minimum absolute atomic E-state index is 0.0214. The number of amides is 5. The van der Waals surface area contributed by atoms with Gasteiger partial charge in [0.1, 0.15) is 36.9 Å². The second kappa shape index (κ2) is 32.3. The number of nitrogens with zero attached hydrogens (tertiary/aromatic N) is 4. The van der Waals surface area contributed by atoms with E-state index in [1.54, 1.807) is 40.0 Å². The molecule has 0 aliphatic carbocycles. The summed E-state index contributed by atoms with van der Waals surface area (Å²) in [5, 5.41) is 4.77. The van der Waals surface area contributed by atoms with Crippen LogP contribution < -0.4 is 19.5 Å². The highest BCUT2D eigenvalue weighted by Crippen LogP contribution is 2.34. The molecule has 2 aliphatic heterocycles. The summed E-state index contributed by atoms with van der Waals surface area (Å²) in [6.07, 6.45) is 4.08. The minimum atomic E-state index is -1.53. The van der Waals surface area contributed by atoms with Gasteiger partial charge in [0.2, 0.25) is 23.5 Å². The van der Waals surface area contributed by atoms with Crippen LogP contribution in [0, 0.1) is 11.2 Å². The van der Waals surface area contributed by atoms with Crippen molar-refractivity contribution >= 4 is 63.8 Å². The third kappa shape index (κ3) is 19.6. The third-order valence-corrected chi connectivity index (χ3v) is 16.1. The molecular weight excluding hydrogens is 1150 g/mol. The number of halogens is 1. The number of hydrogen-bond donors (Lipinski definition) is 1. The Kier molecular flexibility index (Phi) is 25.4. The number of methoxy groups -OCH3 is 2. The second-order valence-electron chi connectivity index (χ2n) is 24.4. The zero-order valence-corrected chi connectivity index (χ0v) is 53.4. The molecule has 2 heterocycles. The van der Waals surface area contributed by atoms with Gasteiger partial charge in [-0.25, -0.2) is 14.0 Å². The van der Waals surface area contributed by atoms with Gasteiger partial charge >= 0.3 is 11.9 Å². The number of fused-ring (bicyclic) bond motifs is 4. The lowest BCUT2D eigenvalue weighted by Crippen LogP contribution is -2.58. The van der Waals surface area contributed by atoms with Crippen LogP contribution in [0.5, 0.6) is 17.2 Å². The number of unbranched alkanes of at least 4 members (excludes halogenated alkanes) is 1. The second-order valence-corrected chi connectivity index (χ2v) is 24.4. The van der Waals surface area contributed by atoms with Gasteiger partial charge in [0.15, 0.2) is 35.5 Å². The van der Waals surface area contributed by atoms with Crippen molar-refractivity contribution < 1.29 is 76.0 Å². The quantitative estimate of drug-likeness (QED) is 0.104. The molecule has 89 heavy (non-hydrogen) atoms. The molecule has 5 atom stereocenters. The average Bonchev–Trinajstić information content (AvgIpc) is 2.97. The molecule has 2 aliphatic rings. The SMILES string of the molecule is CCCC[C@H]1C(=O)N[C@@H](Cc2ccc3ccccc3c2)C(=O)N(C)[C@@H](COC(C)(C)C)C(=O)CCC(=O)N(C)CCC=CC(=O)OCC(C)(C)C(=O)C(=O)N2CCCC[C@H]2C(=O)O[C@H](CCc2ccc(OC)c(OC)c2)c2ccc(F)c(c2)OCC(=O)N1C. The summed E-state index contributed by atoms with van der Waals surface area (Å²) in [6, 6.07) is 17.6. The summed E-state index contributed by atoms with van der Waals surface area (Å²) in [5.74, 6) is -6.67. The molecule has 20 nitrogen and oxygen atoms in total. The van der Waals surface area contributed by atoms with Crippen molar-refractivity contribution in [2.75, 3.05) is 68.3 Å². The fourth-order valence-corrected chi connectivity index (χ4v) is 10.6. The molecule has 0 saturated carbocycles. The Hall–Kier alpha value is -8.20. The monoisotopic (exact) mass is 1230 g/mol. The Morgan fingerprint density at radius 2 is 1.47 bits per heavy atom. The zero-order valence-electron chi connectivity index (χ0n) is 53.4. The van der Waals surface area contributed by atoms with E-state index in [0.717, 1.165) is 28.5 Å². The van der Waals surface area contributed by atoms with E-state index in [2.05, 4.69) is 5.32 Å². The van der Waals surface area contributed by atoms with E-state index in [0.29, 0.717) is 42.7 Å². The van der Waals surface area contributed by atoms with Crippen molar-refractivity contribution in [1.29, 1.82) is 0 Å². The molecular formula is C68H88FN5O15. The van der Waals surface area contributed by atoms with Crippen LogP contribution in [0.4, 0.5) is 4.39 Å². The predicted octanol–water partition coefficient (Wildman–Crippen LogP) is 8.27. The number of benzene rings is 4. The van der Waals surface area contributed by atoms with Crippen LogP contribution in [0.15, 0.2) is 91.0 Å². The Morgan fingerprint density at radius 1 is 0.753 bits per heavy atom. The molecule has 482 valence electrons. The summed E-state index contributed by atoms with van der Waals surface area (Å²) in [6.45, 7) is 8.95. The molecule has 21 heteroatoms. The summed E-state index contributed by atoms with van der Waals surface area (Å²) in [4.78, 5) is 133. The molecule has 5 amide bonds. The molecule has 0 aromatic heterocycles. The number of esters is 2. The number of ketones is 2. The highest BCUT2D eigenvalue weighted by Gasteiger charge is 2.43. The lowest BCUT2D eigenvalue weighted by atomic mass is 9.87. The van der Waals surface area contributed by atoms with Crippen molar-refractivity contribution in [3.05, 3.63) is 114 Å². The smallest absolute Gasteiger partial charge is 0.330 e. The molecule has 4 aromatic rings. The summed E-state index contributed by atoms with van der Waals surface area (Å²) in [5.41, 5.74) is -0.548. The van der Waals surface area contributed by atoms with Crippen LogP contribution in [0.1, 0.15) is 129 Å². The Bertz CT molecular complexity index is 3210. The first-order chi connectivity index (χ1) is 42.2. The lowest BCUT2D eigenvalue weighted by Gasteiger charge is -2.36. The van der Waals surface area contributed by atoms with E-state index >= 15 is 9.18 Å². The topological polar surface area (TPSA) is 234 Å². The number of rotatable bonds is 12. The summed E-state index contributed by atoms with van der Waals surface area (Å²) >= 11 is 0. The van der Waals surface area contributed by atoms with Crippen molar-refractivity contribution in [3.63, 3.8) is 0 Å². The van der Waals surface area contributed by atoms with Gasteiger partial charge in [-0.15, -0.1) is 0 Å². The fourth-order valence-electron chi connectivity index (χ4n) is 10.6. The Balaban J connectivity index is 1.37. The first-order valence-electron chi connectivity index (χ1n) is 30.5. The molecule has 0 spiro atoms. The molecule has 1 fully saturated rings. The highest BCUT2D eigenvalue weighted by atomic mass is 19.1. The maximum atomic E-state index is 16.0. The van der Waals surface area contributed by atoms with E-state index in [-0.39, 0.29) is 82.4 Å². The average molecular weight is 1230 g/mol. The maximum absolute atomic E-state index is 16.0. The Labute approximate surface area is 521 Å². The number of aryl methyl sites for hydroxylation is 1. The van der Waals surface area contributed by atoms with Gasteiger partial charge in [0, 0.05) is 59.6 Å². The highest BCUT2D eigenvalue weighted by molar-refractivity contribution is 6.38. The van der Waals surface area contributed by atoms with E-state index in [1.165, 1.54) is 80.0 Å². The predicted molar refractivity (Wildman–Crippen MR) is 331 cm³/mol. The lowest BCUT2D eigenvalue weighted by molar-refractivity contribution is -0.165. The standard InChI is InChI=1S/C68H88FN5O15/c1-12-13-22-51-63(80)70-50(38-45-25-28-46-20-14-15-21-47(46)37-45)64(81)73(9)53(41-88-67(2,3)4)54(75)31-34-59(76)71(7)35-18-17-24-61(78)87-43-68(5,6)62(79)65(82)74-36-19-16-23-52(74)66(83)89-55(32-26-44-27-33-56(84-10)58(39-44)85-11)48-29-30-49(69)57(40-48)86-42-60(77)72(51)8/h14-15,17,20-21,24-25,27-30,33,37,39-40,50-53,55H,12-13,16,18-19,22-23,26,31-32,34-36,38,41-43H2,1-11H3,(H,70,80)/t50-,51-,52-,53-,55+/m0/s1. The van der Waals surface area contributed by atoms with Crippen LogP contribution in [0.2, 0.25) is 0 Å². The van der Waals surface area contributed by atoms with Crippen molar-refractivity contribution in [2.45, 2.75) is 154 Å². The van der Waals surface area contributed by atoms with Gasteiger partial charge < -0.3 is 53.3 Å². The van der Waals surface area contributed by atoms with Crippen LogP contribution in [0.25, 0.3) is 10.8 Å². The molecule has 1 saturated heterocycles. The Morgan fingerprint density at radius 3 is 2.18 bits per heavy atom. The number of hydrogen-bond acceptors (Lipinski definition) is 15. The normalized spacial score (nSPS) is 21.6. The number of nitrogens with one attached hydrogen (secondary N) is 1. The number of ether oxygens (including phenoxy) is 6. The summed E-state index contributed by atoms with van der Waals surface area (Å²) in [7, 11) is 7.41. The van der Waals surface area contributed by atoms with Gasteiger partial charge in [-0.3, -0.25) is 33.6 Å². The van der Waals surface area contributed by atoms with E-state index in [4.69, 9.17) is 28.4 Å². The number of carbonyl (C=O) groups is 9. The van der Waals surface area contributed by atoms with Crippen molar-refractivity contribution in [3.8, 4) is 17.2 Å². The van der Waals surface area contributed by atoms with Crippen molar-refractivity contribution in [2.24, 2.45) is 5.41 Å². The van der Waals surface area contributed by atoms with Gasteiger partial charge in [-0.2, -0.15) is 0 Å². The number of cyclic esters (lactones) is 2. The van der Waals surface area contributed by atoms with Crippen LogP contribution >= 0.6 is 0 Å².